The molecule has 0 amide bonds. The van der Waals surface area contributed by atoms with Gasteiger partial charge in [0, 0.05) is 5.56 Å². The Morgan fingerprint density at radius 2 is 2.13 bits per heavy atom. The average Bonchev–Trinajstić information content (AvgIpc) is 3.19. The van der Waals surface area contributed by atoms with Crippen LogP contribution < -0.4 is 0 Å². The molecule has 1 aromatic carbocycles. The molecule has 0 saturated carbocycles. The molecule has 0 saturated heterocycles. The van der Waals surface area contributed by atoms with Gasteiger partial charge in [0.15, 0.2) is 11.6 Å². The van der Waals surface area contributed by atoms with Gasteiger partial charge < -0.3 is 0 Å². The molecule has 1 N–H and O–H groups in total. The van der Waals surface area contributed by atoms with Gasteiger partial charge in [0.2, 0.25) is 5.16 Å². The van der Waals surface area contributed by atoms with Crippen LogP contribution >= 0.6 is 23.1 Å². The molecule has 2 aromatic heterocycles. The van der Waals surface area contributed by atoms with Crippen molar-refractivity contribution in [2.45, 2.75) is 31.2 Å². The quantitative estimate of drug-likeness (QED) is 0.547. The molecule has 0 radical (unpaired) electrons. The van der Waals surface area contributed by atoms with Crippen LogP contribution in [0.25, 0.3) is 10.7 Å². The minimum atomic E-state index is -0.234. The van der Waals surface area contributed by atoms with Crippen molar-refractivity contribution in [3.05, 3.63) is 52.4 Å². The van der Waals surface area contributed by atoms with E-state index in [0.717, 1.165) is 27.4 Å². The highest BCUT2D eigenvalue weighted by atomic mass is 32.2. The lowest BCUT2D eigenvalue weighted by molar-refractivity contribution is 0.0993. The third-order valence-corrected chi connectivity index (χ3v) is 5.37. The van der Waals surface area contributed by atoms with Crippen LogP contribution in [-0.4, -0.2) is 26.2 Å². The van der Waals surface area contributed by atoms with Gasteiger partial charge in [-0.2, -0.15) is 0 Å². The highest BCUT2D eigenvalue weighted by Gasteiger charge is 2.20. The Bertz CT molecular complexity index is 824. The standard InChI is InChI=1S/C17H17N3OS2/c1-10-6-7-11(2)13(9-10)15(21)12(3)23-17-18-16(19-20-17)14-5-4-8-22-14/h4-9,12H,1-3H3,(H,18,19,20)/t12-/m0/s1. The van der Waals surface area contributed by atoms with Gasteiger partial charge in [0.25, 0.3) is 0 Å². The minimum Gasteiger partial charge on any atom is -0.293 e. The lowest BCUT2D eigenvalue weighted by atomic mass is 10.0. The number of ketones is 1. The summed E-state index contributed by atoms with van der Waals surface area (Å²) in [4.78, 5) is 18.2. The number of nitrogens with one attached hydrogen (secondary N) is 1. The van der Waals surface area contributed by atoms with Crippen molar-refractivity contribution in [1.82, 2.24) is 15.2 Å². The summed E-state index contributed by atoms with van der Waals surface area (Å²) >= 11 is 2.99. The van der Waals surface area contributed by atoms with E-state index < -0.39 is 0 Å². The fraction of sp³-hybridized carbons (Fsp3) is 0.235. The Hall–Kier alpha value is -1.92. The highest BCUT2D eigenvalue weighted by molar-refractivity contribution is 8.00. The van der Waals surface area contributed by atoms with Gasteiger partial charge in [-0.05, 0) is 43.8 Å². The van der Waals surface area contributed by atoms with Crippen LogP contribution in [-0.2, 0) is 0 Å². The third-order valence-electron chi connectivity index (χ3n) is 3.53. The Balaban J connectivity index is 1.75. The van der Waals surface area contributed by atoms with Crippen molar-refractivity contribution in [3.8, 4) is 10.7 Å². The van der Waals surface area contributed by atoms with Crippen LogP contribution in [0, 0.1) is 13.8 Å². The minimum absolute atomic E-state index is 0.110. The first-order valence-electron chi connectivity index (χ1n) is 7.29. The molecule has 0 bridgehead atoms. The van der Waals surface area contributed by atoms with Crippen LogP contribution in [0.1, 0.15) is 28.4 Å². The fourth-order valence-electron chi connectivity index (χ4n) is 2.25. The van der Waals surface area contributed by atoms with Gasteiger partial charge in [-0.15, -0.1) is 16.4 Å². The van der Waals surface area contributed by atoms with E-state index >= 15 is 0 Å². The van der Waals surface area contributed by atoms with E-state index in [4.69, 9.17) is 0 Å². The number of nitrogens with zero attached hydrogens (tertiary/aromatic N) is 2. The molecular weight excluding hydrogens is 326 g/mol. The van der Waals surface area contributed by atoms with Crippen LogP contribution in [0.5, 0.6) is 0 Å². The molecule has 3 rings (SSSR count). The summed E-state index contributed by atoms with van der Waals surface area (Å²) in [5.74, 6) is 0.854. The number of carbonyl (C=O) groups is 1. The molecule has 2 heterocycles. The van der Waals surface area contributed by atoms with Gasteiger partial charge in [-0.3, -0.25) is 9.89 Å². The summed E-state index contributed by atoms with van der Waals surface area (Å²) in [5, 5.41) is 9.50. The SMILES string of the molecule is Cc1ccc(C)c(C(=O)[C@H](C)Sc2n[nH]c(-c3cccs3)n2)c1. The number of hydrogen-bond donors (Lipinski definition) is 1. The number of carbonyl (C=O) groups excluding carboxylic acids is 1. The number of hydrogen-bond acceptors (Lipinski definition) is 5. The van der Waals surface area contributed by atoms with Crippen LogP contribution in [0.15, 0.2) is 40.9 Å². The molecule has 3 aromatic rings. The Kier molecular flexibility index (Phi) is 4.63. The van der Waals surface area contributed by atoms with E-state index in [1.165, 1.54) is 11.8 Å². The number of aromatic nitrogens is 3. The molecular formula is C17H17N3OS2. The first kappa shape index (κ1) is 16.0. The van der Waals surface area contributed by atoms with E-state index in [2.05, 4.69) is 15.2 Å². The second-order valence-corrected chi connectivity index (χ2v) is 7.64. The van der Waals surface area contributed by atoms with Crippen molar-refractivity contribution in [2.75, 3.05) is 0 Å². The summed E-state index contributed by atoms with van der Waals surface area (Å²) in [5.41, 5.74) is 2.87. The summed E-state index contributed by atoms with van der Waals surface area (Å²) in [7, 11) is 0. The molecule has 4 nitrogen and oxygen atoms in total. The molecule has 0 fully saturated rings. The molecule has 23 heavy (non-hydrogen) atoms. The maximum atomic E-state index is 12.7. The van der Waals surface area contributed by atoms with E-state index in [0.29, 0.717) is 5.16 Å². The summed E-state index contributed by atoms with van der Waals surface area (Å²) in [6.45, 7) is 5.86. The molecule has 1 atom stereocenters. The van der Waals surface area contributed by atoms with E-state index in [9.17, 15) is 4.79 Å². The number of aryl methyl sites for hydroxylation is 2. The maximum absolute atomic E-state index is 12.7. The first-order chi connectivity index (χ1) is 11.0. The molecule has 0 aliphatic carbocycles. The van der Waals surface area contributed by atoms with Crippen molar-refractivity contribution in [2.24, 2.45) is 0 Å². The highest BCUT2D eigenvalue weighted by Crippen LogP contribution is 2.27. The maximum Gasteiger partial charge on any atom is 0.209 e. The Morgan fingerprint density at radius 3 is 2.87 bits per heavy atom. The number of rotatable bonds is 5. The second-order valence-electron chi connectivity index (χ2n) is 5.39. The van der Waals surface area contributed by atoms with E-state index in [1.807, 2.05) is 56.5 Å². The molecule has 118 valence electrons. The first-order valence-corrected chi connectivity index (χ1v) is 9.05. The molecule has 6 heteroatoms. The smallest absolute Gasteiger partial charge is 0.209 e. The fourth-order valence-corrected chi connectivity index (χ4v) is 3.71. The predicted molar refractivity (Wildman–Crippen MR) is 95.3 cm³/mol. The number of benzene rings is 1. The zero-order valence-electron chi connectivity index (χ0n) is 13.2. The number of Topliss-reactive ketones (excluding diaryl/α,β-unsaturated/α-hetero) is 1. The monoisotopic (exact) mass is 343 g/mol. The molecule has 0 unspecified atom stereocenters. The van der Waals surface area contributed by atoms with E-state index in [-0.39, 0.29) is 11.0 Å². The molecule has 0 spiro atoms. The Labute approximate surface area is 143 Å². The van der Waals surface area contributed by atoms with Gasteiger partial charge in [-0.25, -0.2) is 4.98 Å². The summed E-state index contributed by atoms with van der Waals surface area (Å²) < 4.78 is 0. The van der Waals surface area contributed by atoms with Gasteiger partial charge >= 0.3 is 0 Å². The number of aromatic amines is 1. The third kappa shape index (κ3) is 3.54. The Morgan fingerprint density at radius 1 is 1.30 bits per heavy atom. The van der Waals surface area contributed by atoms with Gasteiger partial charge in [0.05, 0.1) is 10.1 Å². The van der Waals surface area contributed by atoms with Crippen LogP contribution in [0.4, 0.5) is 0 Å². The molecule has 0 aliphatic heterocycles. The normalized spacial score (nSPS) is 12.3. The van der Waals surface area contributed by atoms with Crippen LogP contribution in [0.3, 0.4) is 0 Å². The largest absolute Gasteiger partial charge is 0.293 e. The predicted octanol–water partition coefficient (Wildman–Crippen LogP) is 4.51. The van der Waals surface area contributed by atoms with Crippen molar-refractivity contribution in [3.63, 3.8) is 0 Å². The summed E-state index contributed by atoms with van der Waals surface area (Å²) in [6.07, 6.45) is 0. The van der Waals surface area contributed by atoms with Crippen LogP contribution in [0.2, 0.25) is 0 Å². The van der Waals surface area contributed by atoms with Crippen molar-refractivity contribution in [1.29, 1.82) is 0 Å². The lowest BCUT2D eigenvalue weighted by Crippen LogP contribution is -2.15. The zero-order chi connectivity index (χ0) is 16.4. The summed E-state index contributed by atoms with van der Waals surface area (Å²) in [6, 6.07) is 9.92. The number of thiophene rings is 1. The zero-order valence-corrected chi connectivity index (χ0v) is 14.8. The van der Waals surface area contributed by atoms with Gasteiger partial charge in [0.1, 0.15) is 0 Å². The van der Waals surface area contributed by atoms with Gasteiger partial charge in [-0.1, -0.05) is 35.5 Å². The second kappa shape index (κ2) is 6.68. The number of H-pyrrole nitrogens is 1. The van der Waals surface area contributed by atoms with Crippen molar-refractivity contribution >= 4 is 28.9 Å². The average molecular weight is 343 g/mol. The number of thioether (sulfide) groups is 1. The molecule has 0 aliphatic rings. The topological polar surface area (TPSA) is 58.6 Å². The lowest BCUT2D eigenvalue weighted by Gasteiger charge is -2.11. The van der Waals surface area contributed by atoms with E-state index in [1.54, 1.807) is 11.3 Å². The van der Waals surface area contributed by atoms with Crippen molar-refractivity contribution < 1.29 is 4.79 Å².